The molecule has 0 radical (unpaired) electrons. The number of likely N-dealkylation sites (tertiary alicyclic amines) is 1. The summed E-state index contributed by atoms with van der Waals surface area (Å²) >= 11 is 5.70. The Labute approximate surface area is 129 Å². The molecule has 1 aliphatic heterocycles. The zero-order valence-electron chi connectivity index (χ0n) is 12.2. The van der Waals surface area contributed by atoms with Crippen LogP contribution in [-0.4, -0.2) is 51.4 Å². The van der Waals surface area contributed by atoms with E-state index in [4.69, 9.17) is 11.6 Å². The summed E-state index contributed by atoms with van der Waals surface area (Å²) in [5, 5.41) is 0.0600. The number of likely N-dealkylation sites (N-methyl/N-ethyl adjacent to an activating group) is 1. The number of benzene rings is 1. The van der Waals surface area contributed by atoms with E-state index in [-0.39, 0.29) is 17.1 Å². The van der Waals surface area contributed by atoms with Crippen LogP contribution in [0.2, 0.25) is 5.02 Å². The van der Waals surface area contributed by atoms with Gasteiger partial charge in [0.2, 0.25) is 0 Å². The molecule has 1 heterocycles. The lowest BCUT2D eigenvalue weighted by atomic mass is 10.0. The van der Waals surface area contributed by atoms with Gasteiger partial charge in [0.1, 0.15) is 5.82 Å². The van der Waals surface area contributed by atoms with E-state index in [2.05, 4.69) is 4.72 Å². The topological polar surface area (TPSA) is 52.7 Å². The Morgan fingerprint density at radius 3 is 2.67 bits per heavy atom. The Morgan fingerprint density at radius 1 is 1.43 bits per heavy atom. The molecular formula is C13H19ClFN3O2S. The lowest BCUT2D eigenvalue weighted by Crippen LogP contribution is -2.44. The highest BCUT2D eigenvalue weighted by atomic mass is 35.5. The molecule has 2 atom stereocenters. The largest absolute Gasteiger partial charge is 0.298 e. The molecule has 1 aromatic rings. The van der Waals surface area contributed by atoms with Crippen LogP contribution in [0.25, 0.3) is 0 Å². The van der Waals surface area contributed by atoms with Gasteiger partial charge in [-0.05, 0) is 31.2 Å². The van der Waals surface area contributed by atoms with Crippen LogP contribution in [0.3, 0.4) is 0 Å². The fourth-order valence-electron chi connectivity index (χ4n) is 2.55. The summed E-state index contributed by atoms with van der Waals surface area (Å²) in [7, 11) is 1.30. The summed E-state index contributed by atoms with van der Waals surface area (Å²) in [5.74, 6) is -0.497. The van der Waals surface area contributed by atoms with Gasteiger partial charge in [0, 0.05) is 26.7 Å². The van der Waals surface area contributed by atoms with Crippen molar-refractivity contribution in [3.63, 3.8) is 0 Å². The van der Waals surface area contributed by atoms with Gasteiger partial charge in [-0.1, -0.05) is 17.7 Å². The van der Waals surface area contributed by atoms with E-state index in [1.165, 1.54) is 26.2 Å². The number of nitrogens with zero attached hydrogens (tertiary/aromatic N) is 2. The second-order valence-corrected chi connectivity index (χ2v) is 7.72. The van der Waals surface area contributed by atoms with Crippen molar-refractivity contribution < 1.29 is 12.8 Å². The molecule has 2 unspecified atom stereocenters. The average molecular weight is 336 g/mol. The van der Waals surface area contributed by atoms with Gasteiger partial charge in [0.25, 0.3) is 10.2 Å². The van der Waals surface area contributed by atoms with Crippen LogP contribution in [0.5, 0.6) is 0 Å². The first-order chi connectivity index (χ1) is 9.72. The van der Waals surface area contributed by atoms with Crippen molar-refractivity contribution in [1.29, 1.82) is 0 Å². The summed E-state index contributed by atoms with van der Waals surface area (Å²) in [4.78, 5) is 2.01. The summed E-state index contributed by atoms with van der Waals surface area (Å²) < 4.78 is 41.4. The van der Waals surface area contributed by atoms with Gasteiger partial charge < -0.3 is 0 Å². The SMILES string of the molecule is CN1CCC(NS(=O)(=O)N(C)C)C1c1ccc(Cl)c(F)c1. The number of hydrogen-bond acceptors (Lipinski definition) is 3. The van der Waals surface area contributed by atoms with Gasteiger partial charge in [-0.15, -0.1) is 0 Å². The maximum Gasteiger partial charge on any atom is 0.279 e. The van der Waals surface area contributed by atoms with Crippen molar-refractivity contribution in [1.82, 2.24) is 13.9 Å². The minimum absolute atomic E-state index is 0.0600. The molecule has 1 saturated heterocycles. The molecule has 21 heavy (non-hydrogen) atoms. The quantitative estimate of drug-likeness (QED) is 0.909. The lowest BCUT2D eigenvalue weighted by molar-refractivity contribution is 0.296. The van der Waals surface area contributed by atoms with E-state index < -0.39 is 16.0 Å². The van der Waals surface area contributed by atoms with Gasteiger partial charge in [-0.2, -0.15) is 17.4 Å². The predicted molar refractivity (Wildman–Crippen MR) is 80.9 cm³/mol. The molecule has 1 aliphatic rings. The number of hydrogen-bond donors (Lipinski definition) is 1. The van der Waals surface area contributed by atoms with E-state index in [1.54, 1.807) is 6.07 Å². The molecular weight excluding hydrogens is 317 g/mol. The van der Waals surface area contributed by atoms with Crippen molar-refractivity contribution in [2.75, 3.05) is 27.7 Å². The molecule has 0 aromatic heterocycles. The zero-order chi connectivity index (χ0) is 15.8. The second kappa shape index (κ2) is 6.18. The van der Waals surface area contributed by atoms with E-state index in [9.17, 15) is 12.8 Å². The first kappa shape index (κ1) is 16.6. The van der Waals surface area contributed by atoms with Gasteiger partial charge in [0.05, 0.1) is 11.1 Å². The van der Waals surface area contributed by atoms with Crippen molar-refractivity contribution in [2.45, 2.75) is 18.5 Å². The van der Waals surface area contributed by atoms with Crippen molar-refractivity contribution >= 4 is 21.8 Å². The number of rotatable bonds is 4. The standard InChI is InChI=1S/C13H19ClFN3O2S/c1-17(2)21(19,20)16-12-6-7-18(3)13(12)9-4-5-10(14)11(15)8-9/h4-5,8,12-13,16H,6-7H2,1-3H3. The van der Waals surface area contributed by atoms with Crippen LogP contribution in [0.15, 0.2) is 18.2 Å². The number of nitrogens with one attached hydrogen (secondary N) is 1. The van der Waals surface area contributed by atoms with Crippen molar-refractivity contribution in [2.24, 2.45) is 0 Å². The first-order valence-electron chi connectivity index (χ1n) is 6.57. The molecule has 0 amide bonds. The van der Waals surface area contributed by atoms with Gasteiger partial charge >= 0.3 is 0 Å². The molecule has 118 valence electrons. The van der Waals surface area contributed by atoms with Crippen LogP contribution in [0.1, 0.15) is 18.0 Å². The lowest BCUT2D eigenvalue weighted by Gasteiger charge is -2.27. The normalized spacial score (nSPS) is 23.9. The fourth-order valence-corrected chi connectivity index (χ4v) is 3.51. The molecule has 0 spiro atoms. The Morgan fingerprint density at radius 2 is 2.10 bits per heavy atom. The highest BCUT2D eigenvalue weighted by molar-refractivity contribution is 7.87. The van der Waals surface area contributed by atoms with E-state index >= 15 is 0 Å². The Hall–Kier alpha value is -0.730. The highest BCUT2D eigenvalue weighted by Crippen LogP contribution is 2.33. The Kier molecular flexibility index (Phi) is 4.89. The van der Waals surface area contributed by atoms with Gasteiger partial charge in [0.15, 0.2) is 0 Å². The molecule has 1 N–H and O–H groups in total. The van der Waals surface area contributed by atoms with Crippen LogP contribution >= 0.6 is 11.6 Å². The van der Waals surface area contributed by atoms with E-state index in [1.807, 2.05) is 11.9 Å². The highest BCUT2D eigenvalue weighted by Gasteiger charge is 2.36. The van der Waals surface area contributed by atoms with Crippen molar-refractivity contribution in [3.05, 3.63) is 34.6 Å². The summed E-state index contributed by atoms with van der Waals surface area (Å²) in [6.45, 7) is 0.732. The third-order valence-electron chi connectivity index (χ3n) is 3.72. The minimum Gasteiger partial charge on any atom is -0.298 e. The molecule has 0 bridgehead atoms. The summed E-state index contributed by atoms with van der Waals surface area (Å²) in [6, 6.07) is 4.07. The second-order valence-electron chi connectivity index (χ2n) is 5.40. The third kappa shape index (κ3) is 3.54. The van der Waals surface area contributed by atoms with E-state index in [0.717, 1.165) is 10.8 Å². The molecule has 8 heteroatoms. The average Bonchev–Trinajstić information content (AvgIpc) is 2.73. The van der Waals surface area contributed by atoms with Crippen molar-refractivity contribution in [3.8, 4) is 0 Å². The monoisotopic (exact) mass is 335 g/mol. The smallest absolute Gasteiger partial charge is 0.279 e. The first-order valence-corrected chi connectivity index (χ1v) is 8.39. The maximum atomic E-state index is 13.7. The maximum absolute atomic E-state index is 13.7. The van der Waals surface area contributed by atoms with Crippen LogP contribution in [-0.2, 0) is 10.2 Å². The number of halogens is 2. The molecule has 0 aliphatic carbocycles. The fraction of sp³-hybridized carbons (Fsp3) is 0.538. The summed E-state index contributed by atoms with van der Waals surface area (Å²) in [6.07, 6.45) is 0.665. The summed E-state index contributed by atoms with van der Waals surface area (Å²) in [5.41, 5.74) is 0.711. The molecule has 1 aromatic carbocycles. The van der Waals surface area contributed by atoms with Crippen LogP contribution < -0.4 is 4.72 Å². The zero-order valence-corrected chi connectivity index (χ0v) is 13.7. The van der Waals surface area contributed by atoms with Crippen LogP contribution in [0.4, 0.5) is 4.39 Å². The molecule has 1 fully saturated rings. The Bertz CT molecular complexity index is 624. The molecule has 2 rings (SSSR count). The predicted octanol–water partition coefficient (Wildman–Crippen LogP) is 1.62. The van der Waals surface area contributed by atoms with E-state index in [0.29, 0.717) is 12.0 Å². The van der Waals surface area contributed by atoms with Crippen LogP contribution in [0, 0.1) is 5.82 Å². The Balaban J connectivity index is 2.29. The van der Waals surface area contributed by atoms with Gasteiger partial charge in [-0.3, -0.25) is 4.90 Å². The van der Waals surface area contributed by atoms with Gasteiger partial charge in [-0.25, -0.2) is 4.39 Å². The molecule has 5 nitrogen and oxygen atoms in total. The molecule has 0 saturated carbocycles. The minimum atomic E-state index is -3.53. The third-order valence-corrected chi connectivity index (χ3v) is 5.58.